The highest BCUT2D eigenvalue weighted by Crippen LogP contribution is 2.43. The van der Waals surface area contributed by atoms with Crippen LogP contribution in [0.25, 0.3) is 0 Å². The monoisotopic (exact) mass is 374 g/mol. The van der Waals surface area contributed by atoms with Crippen LogP contribution >= 0.6 is 0 Å². The number of amides is 1. The summed E-state index contributed by atoms with van der Waals surface area (Å²) >= 11 is 0. The van der Waals surface area contributed by atoms with Gasteiger partial charge < -0.3 is 14.1 Å². The van der Waals surface area contributed by atoms with E-state index in [1.807, 2.05) is 0 Å². The molecule has 0 aliphatic carbocycles. The Morgan fingerprint density at radius 3 is 2.52 bits per heavy atom. The minimum absolute atomic E-state index is 0.0346. The van der Waals surface area contributed by atoms with Crippen LogP contribution in [0, 0.1) is 12.3 Å². The Morgan fingerprint density at radius 2 is 1.85 bits per heavy atom. The molecule has 3 aliphatic rings. The maximum absolute atomic E-state index is 12.7. The topological polar surface area (TPSA) is 80.1 Å². The van der Waals surface area contributed by atoms with Gasteiger partial charge in [-0.3, -0.25) is 19.3 Å². The zero-order valence-electron chi connectivity index (χ0n) is 15.7. The van der Waals surface area contributed by atoms with Gasteiger partial charge in [-0.25, -0.2) is 0 Å². The molecule has 1 amide bonds. The molecule has 3 fully saturated rings. The molecule has 0 bridgehead atoms. The zero-order valence-corrected chi connectivity index (χ0v) is 15.7. The zero-order chi connectivity index (χ0) is 19.0. The highest BCUT2D eigenvalue weighted by molar-refractivity contribution is 5.91. The number of hydrogen-bond acceptors (Lipinski definition) is 6. The first-order chi connectivity index (χ1) is 12.9. The van der Waals surface area contributed by atoms with Crippen LogP contribution in [0.2, 0.25) is 0 Å². The standard InChI is InChI=1S/C20H26N2O5/c1-14-10-15(23)11-17(26-14)18(24)22-8-4-20(5-9-22)12-16(27-19(20)25)13-21-6-2-3-7-21/h10-11,16H,2-9,12-13H2,1H3. The van der Waals surface area contributed by atoms with Crippen molar-refractivity contribution in [3.8, 4) is 0 Å². The summed E-state index contributed by atoms with van der Waals surface area (Å²) < 4.78 is 11.1. The third kappa shape index (κ3) is 3.65. The molecule has 3 aliphatic heterocycles. The summed E-state index contributed by atoms with van der Waals surface area (Å²) in [5.41, 5.74) is -0.700. The fraction of sp³-hybridized carbons (Fsp3) is 0.650. The van der Waals surface area contributed by atoms with Crippen molar-refractivity contribution in [2.75, 3.05) is 32.7 Å². The molecule has 3 saturated heterocycles. The van der Waals surface area contributed by atoms with Crippen LogP contribution in [0.5, 0.6) is 0 Å². The third-order valence-corrected chi connectivity index (χ3v) is 6.09. The molecule has 4 rings (SSSR count). The van der Waals surface area contributed by atoms with Crippen LogP contribution in [-0.2, 0) is 9.53 Å². The van der Waals surface area contributed by atoms with Gasteiger partial charge in [0, 0.05) is 38.2 Å². The van der Waals surface area contributed by atoms with E-state index in [-0.39, 0.29) is 29.2 Å². The summed E-state index contributed by atoms with van der Waals surface area (Å²) in [4.78, 5) is 40.9. The molecule has 1 spiro atoms. The fourth-order valence-electron chi connectivity index (χ4n) is 4.60. The Morgan fingerprint density at radius 1 is 1.15 bits per heavy atom. The lowest BCUT2D eigenvalue weighted by Crippen LogP contribution is -2.45. The number of cyclic esters (lactones) is 1. The first-order valence-electron chi connectivity index (χ1n) is 9.80. The molecular weight excluding hydrogens is 348 g/mol. The Hall–Kier alpha value is -2.15. The molecule has 4 heterocycles. The maximum Gasteiger partial charge on any atom is 0.312 e. The number of rotatable bonds is 3. The van der Waals surface area contributed by atoms with Gasteiger partial charge >= 0.3 is 5.97 Å². The lowest BCUT2D eigenvalue weighted by Gasteiger charge is -2.36. The van der Waals surface area contributed by atoms with Gasteiger partial charge in [-0.1, -0.05) is 0 Å². The average molecular weight is 374 g/mol. The van der Waals surface area contributed by atoms with Crippen molar-refractivity contribution in [1.82, 2.24) is 9.80 Å². The smallest absolute Gasteiger partial charge is 0.312 e. The highest BCUT2D eigenvalue weighted by Gasteiger charge is 2.51. The summed E-state index contributed by atoms with van der Waals surface area (Å²) in [5.74, 6) is 0.0897. The SMILES string of the molecule is Cc1cc(=O)cc(C(=O)N2CCC3(CC2)CC(CN2CCCC2)OC3=O)o1. The first-order valence-corrected chi connectivity index (χ1v) is 9.80. The second kappa shape index (κ2) is 7.11. The van der Waals surface area contributed by atoms with Gasteiger partial charge in [0.05, 0.1) is 5.41 Å². The van der Waals surface area contributed by atoms with E-state index in [1.165, 1.54) is 25.0 Å². The van der Waals surface area contributed by atoms with E-state index in [9.17, 15) is 14.4 Å². The largest absolute Gasteiger partial charge is 0.461 e. The van der Waals surface area contributed by atoms with Crippen molar-refractivity contribution in [3.05, 3.63) is 33.9 Å². The van der Waals surface area contributed by atoms with Crippen LogP contribution in [0.1, 0.15) is 48.4 Å². The number of carbonyl (C=O) groups excluding carboxylic acids is 2. The Kier molecular flexibility index (Phi) is 4.80. The molecule has 0 radical (unpaired) electrons. The number of hydrogen-bond donors (Lipinski definition) is 0. The van der Waals surface area contributed by atoms with Gasteiger partial charge in [-0.05, 0) is 45.7 Å². The van der Waals surface area contributed by atoms with Crippen molar-refractivity contribution in [2.24, 2.45) is 5.41 Å². The van der Waals surface area contributed by atoms with Crippen LogP contribution in [0.15, 0.2) is 21.3 Å². The van der Waals surface area contributed by atoms with Gasteiger partial charge in [-0.15, -0.1) is 0 Å². The van der Waals surface area contributed by atoms with Gasteiger partial charge in [0.25, 0.3) is 5.91 Å². The molecule has 146 valence electrons. The number of likely N-dealkylation sites (tertiary alicyclic amines) is 2. The molecule has 0 saturated carbocycles. The van der Waals surface area contributed by atoms with E-state index in [4.69, 9.17) is 9.15 Å². The van der Waals surface area contributed by atoms with Crippen LogP contribution in [-0.4, -0.2) is 60.5 Å². The Labute approximate surface area is 158 Å². The minimum Gasteiger partial charge on any atom is -0.461 e. The third-order valence-electron chi connectivity index (χ3n) is 6.09. The molecule has 27 heavy (non-hydrogen) atoms. The van der Waals surface area contributed by atoms with E-state index < -0.39 is 5.41 Å². The summed E-state index contributed by atoms with van der Waals surface area (Å²) in [6.45, 7) is 5.60. The van der Waals surface area contributed by atoms with Crippen molar-refractivity contribution < 1.29 is 18.7 Å². The number of nitrogens with zero attached hydrogens (tertiary/aromatic N) is 2. The lowest BCUT2D eigenvalue weighted by atomic mass is 9.76. The number of piperidine rings is 1. The highest BCUT2D eigenvalue weighted by atomic mass is 16.6. The van der Waals surface area contributed by atoms with Crippen molar-refractivity contribution in [3.63, 3.8) is 0 Å². The van der Waals surface area contributed by atoms with Gasteiger partial charge in [0.15, 0.2) is 11.2 Å². The van der Waals surface area contributed by atoms with E-state index in [0.29, 0.717) is 31.7 Å². The Balaban J connectivity index is 1.38. The quantitative estimate of drug-likeness (QED) is 0.748. The van der Waals surface area contributed by atoms with Crippen molar-refractivity contribution >= 4 is 11.9 Å². The van der Waals surface area contributed by atoms with E-state index in [1.54, 1.807) is 11.8 Å². The van der Waals surface area contributed by atoms with Gasteiger partial charge in [-0.2, -0.15) is 0 Å². The van der Waals surface area contributed by atoms with E-state index in [0.717, 1.165) is 26.1 Å². The minimum atomic E-state index is -0.464. The average Bonchev–Trinajstić information content (AvgIpc) is 3.23. The number of ether oxygens (including phenoxy) is 1. The molecule has 0 aromatic carbocycles. The second-order valence-electron chi connectivity index (χ2n) is 8.08. The maximum atomic E-state index is 12.7. The number of carbonyl (C=O) groups is 2. The molecule has 1 atom stereocenters. The normalized spacial score (nSPS) is 25.1. The predicted octanol–water partition coefficient (Wildman–Crippen LogP) is 1.58. The molecule has 1 unspecified atom stereocenters. The lowest BCUT2D eigenvalue weighted by molar-refractivity contribution is -0.151. The van der Waals surface area contributed by atoms with Crippen molar-refractivity contribution in [1.29, 1.82) is 0 Å². The molecule has 0 N–H and O–H groups in total. The van der Waals surface area contributed by atoms with E-state index in [2.05, 4.69) is 4.90 Å². The summed E-state index contributed by atoms with van der Waals surface area (Å²) in [7, 11) is 0. The van der Waals surface area contributed by atoms with Gasteiger partial charge in [0.1, 0.15) is 11.9 Å². The van der Waals surface area contributed by atoms with Crippen LogP contribution in [0.3, 0.4) is 0 Å². The molecular formula is C20H26N2O5. The molecule has 1 aromatic heterocycles. The second-order valence-corrected chi connectivity index (χ2v) is 8.08. The predicted molar refractivity (Wildman–Crippen MR) is 97.5 cm³/mol. The summed E-state index contributed by atoms with van der Waals surface area (Å²) in [6, 6.07) is 2.59. The van der Waals surface area contributed by atoms with Crippen molar-refractivity contribution in [2.45, 2.75) is 45.1 Å². The molecule has 7 nitrogen and oxygen atoms in total. The fourth-order valence-corrected chi connectivity index (χ4v) is 4.60. The molecule has 1 aromatic rings. The van der Waals surface area contributed by atoms with E-state index >= 15 is 0 Å². The summed E-state index contributed by atoms with van der Waals surface area (Å²) in [5, 5.41) is 0. The number of esters is 1. The Bertz CT molecular complexity index is 788. The van der Waals surface area contributed by atoms with Crippen LogP contribution in [0.4, 0.5) is 0 Å². The van der Waals surface area contributed by atoms with Gasteiger partial charge in [0.2, 0.25) is 0 Å². The summed E-state index contributed by atoms with van der Waals surface area (Å²) in [6.07, 6.45) is 4.35. The first kappa shape index (κ1) is 18.2. The number of aryl methyl sites for hydroxylation is 1. The van der Waals surface area contributed by atoms with Crippen LogP contribution < -0.4 is 5.43 Å². The molecule has 7 heteroatoms.